The number of nitrogen functional groups attached to an aromatic ring is 1. The molecule has 0 bridgehead atoms. The molecule has 1 aliphatic heterocycles. The zero-order valence-corrected chi connectivity index (χ0v) is 11.7. The Labute approximate surface area is 122 Å². The van der Waals surface area contributed by atoms with Gasteiger partial charge in [-0.2, -0.15) is 0 Å². The van der Waals surface area contributed by atoms with Crippen LogP contribution in [-0.2, 0) is 6.54 Å². The average Bonchev–Trinajstić information content (AvgIpc) is 2.93. The highest BCUT2D eigenvalue weighted by molar-refractivity contribution is 5.94. The van der Waals surface area contributed by atoms with Crippen LogP contribution in [0.2, 0.25) is 0 Å². The van der Waals surface area contributed by atoms with Gasteiger partial charge in [0.25, 0.3) is 5.91 Å². The highest BCUT2D eigenvalue weighted by Crippen LogP contribution is 2.32. The summed E-state index contributed by atoms with van der Waals surface area (Å²) in [6.45, 7) is 0.699. The van der Waals surface area contributed by atoms with Gasteiger partial charge < -0.3 is 20.1 Å². The highest BCUT2D eigenvalue weighted by Gasteiger charge is 2.18. The van der Waals surface area contributed by atoms with E-state index >= 15 is 0 Å². The first-order chi connectivity index (χ1) is 10.1. The highest BCUT2D eigenvalue weighted by atomic mass is 16.7. The second-order valence-corrected chi connectivity index (χ2v) is 4.97. The van der Waals surface area contributed by atoms with Gasteiger partial charge in [-0.25, -0.2) is 0 Å². The van der Waals surface area contributed by atoms with E-state index in [9.17, 15) is 4.79 Å². The Morgan fingerprint density at radius 3 is 2.81 bits per heavy atom. The number of carbonyl (C=O) groups is 1. The second kappa shape index (κ2) is 5.36. The molecular weight excluding hydrogens is 268 g/mol. The molecule has 1 aliphatic rings. The van der Waals surface area contributed by atoms with Crippen LogP contribution in [0.5, 0.6) is 11.5 Å². The summed E-state index contributed by atoms with van der Waals surface area (Å²) in [6.07, 6.45) is 0. The van der Waals surface area contributed by atoms with Gasteiger partial charge >= 0.3 is 0 Å². The molecule has 5 heteroatoms. The molecule has 0 aliphatic carbocycles. The number of benzene rings is 2. The van der Waals surface area contributed by atoms with E-state index in [2.05, 4.69) is 0 Å². The maximum atomic E-state index is 12.4. The van der Waals surface area contributed by atoms with Crippen molar-refractivity contribution in [2.45, 2.75) is 6.54 Å². The summed E-state index contributed by atoms with van der Waals surface area (Å²) in [5.41, 5.74) is 8.01. The van der Waals surface area contributed by atoms with Gasteiger partial charge in [-0.15, -0.1) is 0 Å². The molecule has 2 N–H and O–H groups in total. The van der Waals surface area contributed by atoms with E-state index in [1.165, 1.54) is 0 Å². The predicted molar refractivity (Wildman–Crippen MR) is 79.2 cm³/mol. The third-order valence-electron chi connectivity index (χ3n) is 3.34. The lowest BCUT2D eigenvalue weighted by Gasteiger charge is -2.17. The molecule has 0 saturated heterocycles. The summed E-state index contributed by atoms with van der Waals surface area (Å²) < 4.78 is 10.5. The summed E-state index contributed by atoms with van der Waals surface area (Å²) in [5.74, 6) is 1.21. The van der Waals surface area contributed by atoms with E-state index in [1.54, 1.807) is 30.1 Å². The van der Waals surface area contributed by atoms with Gasteiger partial charge in [-0.3, -0.25) is 4.79 Å². The van der Waals surface area contributed by atoms with Crippen LogP contribution in [0.1, 0.15) is 15.9 Å². The van der Waals surface area contributed by atoms with Crippen molar-refractivity contribution in [1.82, 2.24) is 4.90 Å². The van der Waals surface area contributed by atoms with E-state index < -0.39 is 0 Å². The number of fused-ring (bicyclic) bond motifs is 1. The Balaban J connectivity index is 1.75. The first-order valence-corrected chi connectivity index (χ1v) is 6.63. The van der Waals surface area contributed by atoms with Crippen LogP contribution in [0.4, 0.5) is 5.69 Å². The van der Waals surface area contributed by atoms with Crippen LogP contribution < -0.4 is 15.2 Å². The number of rotatable bonds is 3. The van der Waals surface area contributed by atoms with Crippen LogP contribution in [-0.4, -0.2) is 24.6 Å². The Hall–Kier alpha value is -2.69. The molecule has 2 aromatic carbocycles. The summed E-state index contributed by atoms with van der Waals surface area (Å²) in [4.78, 5) is 14.1. The minimum atomic E-state index is -0.0734. The SMILES string of the molecule is CN(Cc1cccc(N)c1)C(=O)c1ccc2c(c1)OCO2. The van der Waals surface area contributed by atoms with E-state index in [0.717, 1.165) is 5.56 Å². The lowest BCUT2D eigenvalue weighted by atomic mass is 10.1. The van der Waals surface area contributed by atoms with Crippen LogP contribution in [0, 0.1) is 0 Å². The molecule has 3 rings (SSSR count). The third-order valence-corrected chi connectivity index (χ3v) is 3.34. The summed E-state index contributed by atoms with van der Waals surface area (Å²) in [5, 5.41) is 0. The average molecular weight is 284 g/mol. The van der Waals surface area contributed by atoms with E-state index in [1.807, 2.05) is 24.3 Å². The van der Waals surface area contributed by atoms with Gasteiger partial charge in [0.15, 0.2) is 11.5 Å². The fourth-order valence-corrected chi connectivity index (χ4v) is 2.29. The van der Waals surface area contributed by atoms with Gasteiger partial charge in [0.1, 0.15) is 0 Å². The van der Waals surface area contributed by atoms with Crippen LogP contribution in [0.15, 0.2) is 42.5 Å². The Morgan fingerprint density at radius 1 is 1.19 bits per heavy atom. The molecule has 21 heavy (non-hydrogen) atoms. The molecule has 108 valence electrons. The molecular formula is C16H16N2O3. The van der Waals surface area contributed by atoms with Gasteiger partial charge in [0, 0.05) is 24.8 Å². The summed E-state index contributed by atoms with van der Waals surface area (Å²) >= 11 is 0. The first kappa shape index (κ1) is 13.3. The van der Waals surface area contributed by atoms with E-state index in [-0.39, 0.29) is 12.7 Å². The number of hydrogen-bond donors (Lipinski definition) is 1. The second-order valence-electron chi connectivity index (χ2n) is 4.97. The van der Waals surface area contributed by atoms with Crippen molar-refractivity contribution in [2.24, 2.45) is 0 Å². The standard InChI is InChI=1S/C16H16N2O3/c1-18(9-11-3-2-4-13(17)7-11)16(19)12-5-6-14-15(8-12)21-10-20-14/h2-8H,9-10,17H2,1H3. The predicted octanol–water partition coefficient (Wildman–Crippen LogP) is 2.27. The smallest absolute Gasteiger partial charge is 0.254 e. The van der Waals surface area contributed by atoms with Gasteiger partial charge in [0.05, 0.1) is 0 Å². The summed E-state index contributed by atoms with van der Waals surface area (Å²) in [6, 6.07) is 12.7. The first-order valence-electron chi connectivity index (χ1n) is 6.63. The zero-order valence-electron chi connectivity index (χ0n) is 11.7. The van der Waals surface area contributed by atoms with Gasteiger partial charge in [-0.1, -0.05) is 12.1 Å². The number of ether oxygens (including phenoxy) is 2. The summed E-state index contributed by atoms with van der Waals surface area (Å²) in [7, 11) is 1.76. The van der Waals surface area contributed by atoms with Crippen LogP contribution in [0.25, 0.3) is 0 Å². The molecule has 0 radical (unpaired) electrons. The Morgan fingerprint density at radius 2 is 2.00 bits per heavy atom. The number of anilines is 1. The van der Waals surface area contributed by atoms with Crippen molar-refractivity contribution in [2.75, 3.05) is 19.6 Å². The molecule has 0 aromatic heterocycles. The van der Waals surface area contributed by atoms with Crippen molar-refractivity contribution < 1.29 is 14.3 Å². The van der Waals surface area contributed by atoms with Crippen molar-refractivity contribution in [1.29, 1.82) is 0 Å². The Bertz CT molecular complexity index is 685. The number of hydrogen-bond acceptors (Lipinski definition) is 4. The maximum absolute atomic E-state index is 12.4. The van der Waals surface area contributed by atoms with Crippen molar-refractivity contribution in [3.8, 4) is 11.5 Å². The molecule has 5 nitrogen and oxygen atoms in total. The molecule has 1 amide bonds. The minimum absolute atomic E-state index is 0.0734. The molecule has 0 atom stereocenters. The van der Waals surface area contributed by atoms with Crippen molar-refractivity contribution in [3.05, 3.63) is 53.6 Å². The molecule has 0 spiro atoms. The normalized spacial score (nSPS) is 12.2. The minimum Gasteiger partial charge on any atom is -0.454 e. The van der Waals surface area contributed by atoms with Gasteiger partial charge in [0.2, 0.25) is 6.79 Å². The number of carbonyl (C=O) groups excluding carboxylic acids is 1. The molecule has 0 fully saturated rings. The lowest BCUT2D eigenvalue weighted by Crippen LogP contribution is -2.26. The quantitative estimate of drug-likeness (QED) is 0.878. The van der Waals surface area contributed by atoms with Gasteiger partial charge in [-0.05, 0) is 35.9 Å². The van der Waals surface area contributed by atoms with E-state index in [4.69, 9.17) is 15.2 Å². The van der Waals surface area contributed by atoms with E-state index in [0.29, 0.717) is 29.3 Å². The maximum Gasteiger partial charge on any atom is 0.254 e. The number of amides is 1. The number of nitrogens with zero attached hydrogens (tertiary/aromatic N) is 1. The molecule has 0 saturated carbocycles. The van der Waals surface area contributed by atoms with Crippen LogP contribution in [0.3, 0.4) is 0 Å². The fourth-order valence-electron chi connectivity index (χ4n) is 2.29. The van der Waals surface area contributed by atoms with Crippen LogP contribution >= 0.6 is 0 Å². The Kier molecular flexibility index (Phi) is 3.39. The molecule has 0 unspecified atom stereocenters. The molecule has 2 aromatic rings. The molecule has 1 heterocycles. The third kappa shape index (κ3) is 2.76. The number of nitrogens with two attached hydrogens (primary N) is 1. The van der Waals surface area contributed by atoms with Crippen molar-refractivity contribution in [3.63, 3.8) is 0 Å². The lowest BCUT2D eigenvalue weighted by molar-refractivity contribution is 0.0784. The topological polar surface area (TPSA) is 64.8 Å². The zero-order chi connectivity index (χ0) is 14.8. The fraction of sp³-hybridized carbons (Fsp3) is 0.188. The monoisotopic (exact) mass is 284 g/mol. The largest absolute Gasteiger partial charge is 0.454 e. The van der Waals surface area contributed by atoms with Crippen molar-refractivity contribution >= 4 is 11.6 Å².